The Kier molecular flexibility index (Phi) is 4.64. The van der Waals surface area contributed by atoms with Crippen molar-refractivity contribution in [3.05, 3.63) is 59.2 Å². The van der Waals surface area contributed by atoms with Crippen LogP contribution in [-0.4, -0.2) is 22.6 Å². The molecular weight excluding hydrogens is 271 g/mol. The Morgan fingerprint density at radius 2 is 2.19 bits per heavy atom. The Bertz CT molecular complexity index is 733. The summed E-state index contributed by atoms with van der Waals surface area (Å²) in [5, 5.41) is 11.2. The molecule has 0 unspecified atom stereocenters. The fourth-order valence-electron chi connectivity index (χ4n) is 1.74. The van der Waals surface area contributed by atoms with Crippen LogP contribution in [0, 0.1) is 24.6 Å². The second-order valence-corrected chi connectivity index (χ2v) is 4.36. The van der Waals surface area contributed by atoms with Crippen molar-refractivity contribution in [3.63, 3.8) is 0 Å². The second-order valence-electron chi connectivity index (χ2n) is 4.36. The molecule has 0 aliphatic rings. The summed E-state index contributed by atoms with van der Waals surface area (Å²) in [4.78, 5) is 16.0. The first-order chi connectivity index (χ1) is 10.1. The maximum atomic E-state index is 13.8. The molecule has 5 heteroatoms. The summed E-state index contributed by atoms with van der Waals surface area (Å²) in [6.07, 6.45) is 3.14. The molecule has 0 aliphatic carbocycles. The molecule has 0 fully saturated rings. The average molecular weight is 284 g/mol. The number of halogens is 1. The number of nitrogens with one attached hydrogen (secondary N) is 1. The standard InChI is InChI=1S/C16H13FN2O2/c1-11-7-13(10-18-9-11)19-16(21)14-8-12(3-2-6-20)4-5-15(14)17/h4-5,7-10,20H,6H2,1H3,(H,19,21). The molecule has 0 bridgehead atoms. The van der Waals surface area contributed by atoms with Crippen LogP contribution in [0.3, 0.4) is 0 Å². The summed E-state index contributed by atoms with van der Waals surface area (Å²) in [6, 6.07) is 5.70. The van der Waals surface area contributed by atoms with Gasteiger partial charge in [0.1, 0.15) is 12.4 Å². The molecule has 2 aromatic rings. The topological polar surface area (TPSA) is 62.2 Å². The third-order valence-electron chi connectivity index (χ3n) is 2.66. The van der Waals surface area contributed by atoms with Gasteiger partial charge in [-0.1, -0.05) is 11.8 Å². The number of amides is 1. The number of aromatic nitrogens is 1. The van der Waals surface area contributed by atoms with Gasteiger partial charge in [0, 0.05) is 11.8 Å². The zero-order valence-electron chi connectivity index (χ0n) is 11.4. The van der Waals surface area contributed by atoms with E-state index >= 15 is 0 Å². The normalized spacial score (nSPS) is 9.67. The van der Waals surface area contributed by atoms with E-state index in [1.807, 2.05) is 6.92 Å². The van der Waals surface area contributed by atoms with Crippen molar-refractivity contribution in [3.8, 4) is 11.8 Å². The molecule has 1 amide bonds. The van der Waals surface area contributed by atoms with Crippen LogP contribution in [0.2, 0.25) is 0 Å². The molecule has 1 aromatic heterocycles. The minimum atomic E-state index is -0.636. The lowest BCUT2D eigenvalue weighted by atomic mass is 10.1. The van der Waals surface area contributed by atoms with Gasteiger partial charge in [-0.2, -0.15) is 0 Å². The number of pyridine rings is 1. The zero-order chi connectivity index (χ0) is 15.2. The predicted octanol–water partition coefficient (Wildman–Crippen LogP) is 2.13. The predicted molar refractivity (Wildman–Crippen MR) is 77.3 cm³/mol. The molecule has 21 heavy (non-hydrogen) atoms. The van der Waals surface area contributed by atoms with Crippen molar-refractivity contribution in [2.75, 3.05) is 11.9 Å². The van der Waals surface area contributed by atoms with Gasteiger partial charge in [0.05, 0.1) is 17.4 Å². The first-order valence-corrected chi connectivity index (χ1v) is 6.22. The van der Waals surface area contributed by atoms with Crippen LogP contribution in [-0.2, 0) is 0 Å². The third-order valence-corrected chi connectivity index (χ3v) is 2.66. The van der Waals surface area contributed by atoms with E-state index in [4.69, 9.17) is 5.11 Å². The maximum Gasteiger partial charge on any atom is 0.258 e. The van der Waals surface area contributed by atoms with E-state index in [1.165, 1.54) is 24.4 Å². The number of nitrogens with zero attached hydrogens (tertiary/aromatic N) is 1. The number of carbonyl (C=O) groups excluding carboxylic acids is 1. The summed E-state index contributed by atoms with van der Waals surface area (Å²) in [7, 11) is 0. The Morgan fingerprint density at radius 1 is 1.38 bits per heavy atom. The van der Waals surface area contributed by atoms with Crippen molar-refractivity contribution in [1.29, 1.82) is 0 Å². The molecule has 0 spiro atoms. The molecule has 106 valence electrons. The maximum absolute atomic E-state index is 13.8. The first kappa shape index (κ1) is 14.7. The number of carbonyl (C=O) groups is 1. The van der Waals surface area contributed by atoms with Crippen molar-refractivity contribution >= 4 is 11.6 Å². The van der Waals surface area contributed by atoms with Crippen LogP contribution < -0.4 is 5.32 Å². The summed E-state index contributed by atoms with van der Waals surface area (Å²) in [5.74, 6) is 3.87. The minimum absolute atomic E-state index is 0.110. The van der Waals surface area contributed by atoms with Gasteiger partial charge in [-0.3, -0.25) is 9.78 Å². The molecule has 0 saturated carbocycles. The molecule has 2 rings (SSSR count). The molecule has 1 aromatic carbocycles. The lowest BCUT2D eigenvalue weighted by Gasteiger charge is -2.07. The molecule has 0 aliphatic heterocycles. The van der Waals surface area contributed by atoms with Gasteiger partial charge in [0.25, 0.3) is 5.91 Å². The van der Waals surface area contributed by atoms with E-state index in [0.29, 0.717) is 11.3 Å². The Balaban J connectivity index is 2.26. The summed E-state index contributed by atoms with van der Waals surface area (Å²) in [5.41, 5.74) is 1.72. The smallest absolute Gasteiger partial charge is 0.258 e. The number of benzene rings is 1. The number of aryl methyl sites for hydroxylation is 1. The first-order valence-electron chi connectivity index (χ1n) is 6.22. The minimum Gasteiger partial charge on any atom is -0.384 e. The van der Waals surface area contributed by atoms with Crippen LogP contribution in [0.25, 0.3) is 0 Å². The third kappa shape index (κ3) is 3.88. The highest BCUT2D eigenvalue weighted by Gasteiger charge is 2.12. The quantitative estimate of drug-likeness (QED) is 0.830. The van der Waals surface area contributed by atoms with Crippen molar-refractivity contribution < 1.29 is 14.3 Å². The second kappa shape index (κ2) is 6.64. The Labute approximate surface area is 121 Å². The molecule has 4 nitrogen and oxygen atoms in total. The van der Waals surface area contributed by atoms with Gasteiger partial charge in [-0.05, 0) is 36.8 Å². The summed E-state index contributed by atoms with van der Waals surface area (Å²) >= 11 is 0. The molecule has 2 N–H and O–H groups in total. The van der Waals surface area contributed by atoms with Crippen molar-refractivity contribution in [2.24, 2.45) is 0 Å². The Hall–Kier alpha value is -2.71. The molecule has 0 atom stereocenters. The summed E-state index contributed by atoms with van der Waals surface area (Å²) < 4.78 is 13.8. The van der Waals surface area contributed by atoms with E-state index < -0.39 is 11.7 Å². The van der Waals surface area contributed by atoms with E-state index in [9.17, 15) is 9.18 Å². The highest BCUT2D eigenvalue weighted by Crippen LogP contribution is 2.14. The zero-order valence-corrected chi connectivity index (χ0v) is 11.4. The number of rotatable bonds is 2. The molecule has 0 saturated heterocycles. The van der Waals surface area contributed by atoms with E-state index in [0.717, 1.165) is 5.56 Å². The van der Waals surface area contributed by atoms with E-state index in [-0.39, 0.29) is 12.2 Å². The van der Waals surface area contributed by atoms with Crippen LogP contribution in [0.15, 0.2) is 36.7 Å². The number of aliphatic hydroxyl groups excluding tert-OH is 1. The van der Waals surface area contributed by atoms with E-state index in [2.05, 4.69) is 22.1 Å². The fraction of sp³-hybridized carbons (Fsp3) is 0.125. The highest BCUT2D eigenvalue weighted by molar-refractivity contribution is 6.04. The monoisotopic (exact) mass is 284 g/mol. The lowest BCUT2D eigenvalue weighted by molar-refractivity contribution is 0.102. The fourth-order valence-corrected chi connectivity index (χ4v) is 1.74. The number of hydrogen-bond donors (Lipinski definition) is 2. The number of hydrogen-bond acceptors (Lipinski definition) is 3. The van der Waals surface area contributed by atoms with Crippen LogP contribution >= 0.6 is 0 Å². The SMILES string of the molecule is Cc1cncc(NC(=O)c2cc(C#CCO)ccc2F)c1. The largest absolute Gasteiger partial charge is 0.384 e. The van der Waals surface area contributed by atoms with Gasteiger partial charge in [-0.25, -0.2) is 4.39 Å². The van der Waals surface area contributed by atoms with Gasteiger partial charge >= 0.3 is 0 Å². The van der Waals surface area contributed by atoms with Gasteiger partial charge in [-0.15, -0.1) is 0 Å². The highest BCUT2D eigenvalue weighted by atomic mass is 19.1. The van der Waals surface area contributed by atoms with Crippen LogP contribution in [0.4, 0.5) is 10.1 Å². The van der Waals surface area contributed by atoms with Crippen molar-refractivity contribution in [2.45, 2.75) is 6.92 Å². The van der Waals surface area contributed by atoms with Crippen LogP contribution in [0.5, 0.6) is 0 Å². The van der Waals surface area contributed by atoms with Gasteiger partial charge in [0.15, 0.2) is 0 Å². The molecule has 0 radical (unpaired) electrons. The average Bonchev–Trinajstić information content (AvgIpc) is 2.46. The molecular formula is C16H13FN2O2. The summed E-state index contributed by atoms with van der Waals surface area (Å²) in [6.45, 7) is 1.54. The number of aliphatic hydroxyl groups is 1. The van der Waals surface area contributed by atoms with Crippen molar-refractivity contribution in [1.82, 2.24) is 4.98 Å². The number of anilines is 1. The van der Waals surface area contributed by atoms with E-state index in [1.54, 1.807) is 12.3 Å². The van der Waals surface area contributed by atoms with Gasteiger partial charge < -0.3 is 10.4 Å². The van der Waals surface area contributed by atoms with Gasteiger partial charge in [0.2, 0.25) is 0 Å². The molecule has 1 heterocycles. The lowest BCUT2D eigenvalue weighted by Crippen LogP contribution is -2.14. The Morgan fingerprint density at radius 3 is 2.90 bits per heavy atom. The van der Waals surface area contributed by atoms with Crippen LogP contribution in [0.1, 0.15) is 21.5 Å².